The van der Waals surface area contributed by atoms with E-state index in [0.717, 1.165) is 5.56 Å². The normalized spacial score (nSPS) is 12.3. The summed E-state index contributed by atoms with van der Waals surface area (Å²) in [6, 6.07) is 19.0. The fourth-order valence-corrected chi connectivity index (χ4v) is 4.59. The lowest BCUT2D eigenvalue weighted by atomic mass is 10.1. The monoisotopic (exact) mass is 471 g/mol. The zero-order chi connectivity index (χ0) is 22.2. The van der Waals surface area contributed by atoms with Gasteiger partial charge in [0, 0.05) is 22.7 Å². The number of rotatable bonds is 4. The molecule has 0 unspecified atom stereocenters. The predicted molar refractivity (Wildman–Crippen MR) is 120 cm³/mol. The van der Waals surface area contributed by atoms with Crippen molar-refractivity contribution in [1.82, 2.24) is 0 Å². The summed E-state index contributed by atoms with van der Waals surface area (Å²) in [5.41, 5.74) is 1.44. The van der Waals surface area contributed by atoms with Crippen molar-refractivity contribution >= 4 is 50.0 Å². The van der Waals surface area contributed by atoms with Gasteiger partial charge in [0.25, 0.3) is 10.0 Å². The molecule has 4 rings (SSSR count). The lowest BCUT2D eigenvalue weighted by Crippen LogP contribution is -2.13. The number of hydrogen-bond donors (Lipinski definition) is 0. The molecule has 8 heteroatoms. The molecule has 0 spiro atoms. The summed E-state index contributed by atoms with van der Waals surface area (Å²) in [6.45, 7) is 1.85. The van der Waals surface area contributed by atoms with E-state index in [9.17, 15) is 13.2 Å². The first-order chi connectivity index (χ1) is 14.7. The van der Waals surface area contributed by atoms with Crippen LogP contribution in [0, 0.1) is 6.92 Å². The van der Waals surface area contributed by atoms with Crippen molar-refractivity contribution in [2.24, 2.45) is 4.40 Å². The van der Waals surface area contributed by atoms with Gasteiger partial charge in [-0.1, -0.05) is 71.2 Å². The number of nitrogens with zero attached hydrogens (tertiary/aromatic N) is 1. The highest BCUT2D eigenvalue weighted by atomic mass is 35.5. The van der Waals surface area contributed by atoms with Crippen LogP contribution in [0.1, 0.15) is 21.7 Å². The third-order valence-corrected chi connectivity index (χ3v) is 6.38. The number of carbonyl (C=O) groups is 1. The van der Waals surface area contributed by atoms with E-state index in [1.165, 1.54) is 30.3 Å². The summed E-state index contributed by atoms with van der Waals surface area (Å²) in [5, 5.41) is 0.662. The Balaban J connectivity index is 2.00. The standard InChI is InChI=1S/C23H15Cl2NO4S/c1-14-7-9-17(10-8-14)31(28,29)26-19-13-21(23(27)15-5-3-2-4-6-15)30-20-12-16(24)11-18(25)22(19)20/h2-13H,1H3. The third kappa shape index (κ3) is 4.42. The molecule has 156 valence electrons. The fourth-order valence-electron chi connectivity index (χ4n) is 3.03. The van der Waals surface area contributed by atoms with Crippen LogP contribution < -0.4 is 5.36 Å². The molecule has 0 bridgehead atoms. The average molecular weight is 472 g/mol. The van der Waals surface area contributed by atoms with Gasteiger partial charge in [-0.05, 0) is 25.1 Å². The summed E-state index contributed by atoms with van der Waals surface area (Å²) < 4.78 is 35.6. The molecule has 3 aromatic carbocycles. The van der Waals surface area contributed by atoms with E-state index in [4.69, 9.17) is 27.6 Å². The van der Waals surface area contributed by atoms with Crippen molar-refractivity contribution in [2.45, 2.75) is 11.8 Å². The van der Waals surface area contributed by atoms with Crippen LogP contribution in [-0.2, 0) is 10.0 Å². The number of halogens is 2. The van der Waals surface area contributed by atoms with E-state index in [-0.39, 0.29) is 37.0 Å². The molecule has 0 aliphatic rings. The first-order valence-corrected chi connectivity index (χ1v) is 11.3. The molecule has 0 saturated heterocycles. The van der Waals surface area contributed by atoms with Gasteiger partial charge in [-0.2, -0.15) is 12.8 Å². The van der Waals surface area contributed by atoms with Gasteiger partial charge in [0.15, 0.2) is 5.76 Å². The lowest BCUT2D eigenvalue weighted by molar-refractivity contribution is 0.101. The molecule has 0 radical (unpaired) electrons. The van der Waals surface area contributed by atoms with Gasteiger partial charge in [0.05, 0.1) is 20.7 Å². The van der Waals surface area contributed by atoms with Crippen LogP contribution in [0.3, 0.4) is 0 Å². The minimum atomic E-state index is -4.08. The molecule has 1 heterocycles. The van der Waals surface area contributed by atoms with Crippen LogP contribution in [0.15, 0.2) is 86.5 Å². The molecule has 0 atom stereocenters. The van der Waals surface area contributed by atoms with Crippen molar-refractivity contribution in [3.63, 3.8) is 0 Å². The quantitative estimate of drug-likeness (QED) is 0.364. The van der Waals surface area contributed by atoms with Crippen molar-refractivity contribution in [3.8, 4) is 0 Å². The molecule has 4 aromatic rings. The van der Waals surface area contributed by atoms with E-state index in [2.05, 4.69) is 4.40 Å². The molecule has 0 aliphatic carbocycles. The van der Waals surface area contributed by atoms with E-state index in [1.807, 2.05) is 6.92 Å². The molecular weight excluding hydrogens is 457 g/mol. The summed E-state index contributed by atoms with van der Waals surface area (Å²) in [5.74, 6) is -0.516. The van der Waals surface area contributed by atoms with Gasteiger partial charge >= 0.3 is 0 Å². The van der Waals surface area contributed by atoms with E-state index in [0.29, 0.717) is 5.56 Å². The van der Waals surface area contributed by atoms with Gasteiger partial charge in [-0.25, -0.2) is 0 Å². The van der Waals surface area contributed by atoms with Gasteiger partial charge in [0.1, 0.15) is 5.58 Å². The van der Waals surface area contributed by atoms with Crippen molar-refractivity contribution in [2.75, 3.05) is 0 Å². The molecule has 1 aromatic heterocycles. The second-order valence-electron chi connectivity index (χ2n) is 6.83. The third-order valence-electron chi connectivity index (χ3n) is 4.56. The van der Waals surface area contributed by atoms with Crippen LogP contribution in [0.25, 0.3) is 11.0 Å². The Bertz CT molecular complexity index is 1480. The molecule has 0 saturated carbocycles. The number of hydrogen-bond acceptors (Lipinski definition) is 4. The number of sulfonamides is 1. The predicted octanol–water partition coefficient (Wildman–Crippen LogP) is 5.57. The molecule has 31 heavy (non-hydrogen) atoms. The molecular formula is C23H15Cl2NO4S. The summed E-state index contributed by atoms with van der Waals surface area (Å²) >= 11 is 12.4. The molecule has 0 amide bonds. The number of benzene rings is 3. The van der Waals surface area contributed by atoms with Crippen LogP contribution in [0.5, 0.6) is 0 Å². The Morgan fingerprint density at radius 1 is 0.935 bits per heavy atom. The molecule has 0 N–H and O–H groups in total. The van der Waals surface area contributed by atoms with Crippen molar-refractivity contribution in [1.29, 1.82) is 0 Å². The minimum Gasteiger partial charge on any atom is -0.452 e. The average Bonchev–Trinajstić information content (AvgIpc) is 2.73. The number of carbonyl (C=O) groups excluding carboxylic acids is 1. The van der Waals surface area contributed by atoms with Crippen LogP contribution in [0.2, 0.25) is 10.0 Å². The second kappa shape index (κ2) is 8.30. The van der Waals surface area contributed by atoms with Crippen LogP contribution in [-0.4, -0.2) is 14.2 Å². The number of fused-ring (bicyclic) bond motifs is 1. The van der Waals surface area contributed by atoms with Gasteiger partial charge < -0.3 is 4.42 Å². The highest BCUT2D eigenvalue weighted by Gasteiger charge is 2.18. The van der Waals surface area contributed by atoms with Gasteiger partial charge in [0.2, 0.25) is 5.78 Å². The van der Waals surface area contributed by atoms with E-state index >= 15 is 0 Å². The molecule has 0 aliphatic heterocycles. The summed E-state index contributed by atoms with van der Waals surface area (Å²) in [6.07, 6.45) is 0. The smallest absolute Gasteiger partial charge is 0.282 e. The van der Waals surface area contributed by atoms with E-state index in [1.54, 1.807) is 42.5 Å². The Labute approximate surface area is 188 Å². The number of aryl methyl sites for hydroxylation is 1. The topological polar surface area (TPSA) is 76.7 Å². The Morgan fingerprint density at radius 2 is 1.61 bits per heavy atom. The van der Waals surface area contributed by atoms with Gasteiger partial charge in [-0.15, -0.1) is 0 Å². The SMILES string of the molecule is Cc1ccc(S(=O)(=O)N=c2cc(C(=O)c3ccccc3)oc3cc(Cl)cc(Cl)c23)cc1. The Kier molecular flexibility index (Phi) is 5.71. The maximum Gasteiger partial charge on any atom is 0.282 e. The zero-order valence-corrected chi connectivity index (χ0v) is 18.5. The van der Waals surface area contributed by atoms with Crippen LogP contribution in [0.4, 0.5) is 0 Å². The highest BCUT2D eigenvalue weighted by Crippen LogP contribution is 2.27. The maximum absolute atomic E-state index is 12.9. The lowest BCUT2D eigenvalue weighted by Gasteiger charge is -2.07. The van der Waals surface area contributed by atoms with Crippen molar-refractivity contribution < 1.29 is 17.6 Å². The highest BCUT2D eigenvalue weighted by molar-refractivity contribution is 7.90. The summed E-state index contributed by atoms with van der Waals surface area (Å²) in [7, 11) is -4.08. The van der Waals surface area contributed by atoms with Crippen LogP contribution >= 0.6 is 23.2 Å². The zero-order valence-electron chi connectivity index (χ0n) is 16.2. The Morgan fingerprint density at radius 3 is 2.29 bits per heavy atom. The summed E-state index contributed by atoms with van der Waals surface area (Å²) in [4.78, 5) is 13.0. The fraction of sp³-hybridized carbons (Fsp3) is 0.0435. The largest absolute Gasteiger partial charge is 0.452 e. The Hall–Kier alpha value is -2.93. The molecule has 0 fully saturated rings. The maximum atomic E-state index is 12.9. The first-order valence-electron chi connectivity index (χ1n) is 9.15. The minimum absolute atomic E-state index is 0.0113. The van der Waals surface area contributed by atoms with E-state index < -0.39 is 15.8 Å². The first kappa shape index (κ1) is 21.3. The second-order valence-corrected chi connectivity index (χ2v) is 9.28. The number of ketones is 1. The van der Waals surface area contributed by atoms with Gasteiger partial charge in [-0.3, -0.25) is 4.79 Å². The molecule has 5 nitrogen and oxygen atoms in total. The van der Waals surface area contributed by atoms with Crippen molar-refractivity contribution in [3.05, 3.63) is 105 Å².